The summed E-state index contributed by atoms with van der Waals surface area (Å²) < 4.78 is 0. The first-order valence-corrected chi connectivity index (χ1v) is 5.41. The van der Waals surface area contributed by atoms with Crippen LogP contribution in [0.25, 0.3) is 0 Å². The molecule has 4 nitrogen and oxygen atoms in total. The Kier molecular flexibility index (Phi) is 4.17. The van der Waals surface area contributed by atoms with Crippen LogP contribution in [0.2, 0.25) is 0 Å². The number of aromatic nitrogens is 1. The molecule has 1 aromatic heterocycles. The minimum atomic E-state index is 0.525. The van der Waals surface area contributed by atoms with E-state index in [0.717, 1.165) is 18.1 Å². The molecule has 0 radical (unpaired) electrons. The van der Waals surface area contributed by atoms with Crippen LogP contribution in [-0.4, -0.2) is 18.6 Å². The fourth-order valence-electron chi connectivity index (χ4n) is 1.55. The predicted molar refractivity (Wildman–Crippen MR) is 70.6 cm³/mol. The molecule has 88 valence electrons. The number of hydrogen-bond acceptors (Lipinski definition) is 4. The molecule has 0 aliphatic heterocycles. The van der Waals surface area contributed by atoms with Crippen LogP contribution in [-0.2, 0) is 0 Å². The van der Waals surface area contributed by atoms with Gasteiger partial charge in [0.05, 0.1) is 11.4 Å². The van der Waals surface area contributed by atoms with Gasteiger partial charge in [-0.1, -0.05) is 20.4 Å². The minimum Gasteiger partial charge on any atom is -0.394 e. The summed E-state index contributed by atoms with van der Waals surface area (Å²) in [6.45, 7) is 8.95. The molecule has 0 amide bonds. The Morgan fingerprint density at radius 3 is 2.81 bits per heavy atom. The number of pyridine rings is 1. The van der Waals surface area contributed by atoms with E-state index in [0.29, 0.717) is 11.6 Å². The van der Waals surface area contributed by atoms with E-state index in [4.69, 9.17) is 5.73 Å². The van der Waals surface area contributed by atoms with Gasteiger partial charge in [0.1, 0.15) is 0 Å². The summed E-state index contributed by atoms with van der Waals surface area (Å²) in [5.74, 6) is 1.29. The smallest absolute Gasteiger partial charge is 0.157 e. The van der Waals surface area contributed by atoms with Crippen LogP contribution in [0.5, 0.6) is 0 Å². The van der Waals surface area contributed by atoms with Crippen molar-refractivity contribution < 1.29 is 0 Å². The van der Waals surface area contributed by atoms with E-state index in [1.54, 1.807) is 12.4 Å². The molecule has 1 heterocycles. The fraction of sp³-hybridized carbons (Fsp3) is 0.417. The zero-order valence-corrected chi connectivity index (χ0v) is 10.2. The topological polar surface area (TPSA) is 54.2 Å². The van der Waals surface area contributed by atoms with Crippen molar-refractivity contribution in [1.82, 2.24) is 4.98 Å². The van der Waals surface area contributed by atoms with Crippen molar-refractivity contribution in [2.45, 2.75) is 13.8 Å². The second kappa shape index (κ2) is 5.39. The maximum atomic E-state index is 6.03. The summed E-state index contributed by atoms with van der Waals surface area (Å²) in [4.78, 5) is 6.27. The third-order valence-electron chi connectivity index (χ3n) is 2.29. The van der Waals surface area contributed by atoms with Crippen molar-refractivity contribution >= 4 is 17.2 Å². The molecule has 1 rings (SSSR count). The van der Waals surface area contributed by atoms with Gasteiger partial charge in [0, 0.05) is 19.8 Å². The van der Waals surface area contributed by atoms with Crippen molar-refractivity contribution in [3.63, 3.8) is 0 Å². The van der Waals surface area contributed by atoms with Gasteiger partial charge >= 0.3 is 0 Å². The van der Waals surface area contributed by atoms with E-state index < -0.39 is 0 Å². The van der Waals surface area contributed by atoms with Crippen molar-refractivity contribution in [2.75, 3.05) is 29.5 Å². The first kappa shape index (κ1) is 12.4. The van der Waals surface area contributed by atoms with Crippen LogP contribution in [0.4, 0.5) is 17.2 Å². The molecule has 0 saturated carbocycles. The molecular formula is C12H20N4. The van der Waals surface area contributed by atoms with Gasteiger partial charge in [-0.15, -0.1) is 0 Å². The molecule has 0 aliphatic rings. The molecule has 0 aliphatic carbocycles. The summed E-state index contributed by atoms with van der Waals surface area (Å²) in [5, 5.41) is 3.04. The van der Waals surface area contributed by atoms with Crippen molar-refractivity contribution in [1.29, 1.82) is 0 Å². The number of anilines is 3. The summed E-state index contributed by atoms with van der Waals surface area (Å²) >= 11 is 0. The highest BCUT2D eigenvalue weighted by molar-refractivity contribution is 5.78. The van der Waals surface area contributed by atoms with E-state index in [1.807, 2.05) is 18.0 Å². The summed E-state index contributed by atoms with van der Waals surface area (Å²) in [7, 11) is 1.84. The van der Waals surface area contributed by atoms with Crippen LogP contribution in [0, 0.1) is 5.92 Å². The van der Waals surface area contributed by atoms with Gasteiger partial charge < -0.3 is 16.0 Å². The Hall–Kier alpha value is -1.71. The monoisotopic (exact) mass is 220 g/mol. The van der Waals surface area contributed by atoms with Gasteiger partial charge in [0.25, 0.3) is 0 Å². The number of hydrogen-bond donors (Lipinski definition) is 2. The van der Waals surface area contributed by atoms with Crippen molar-refractivity contribution in [2.24, 2.45) is 5.92 Å². The van der Waals surface area contributed by atoms with Gasteiger partial charge in [-0.2, -0.15) is 0 Å². The Morgan fingerprint density at radius 2 is 2.31 bits per heavy atom. The van der Waals surface area contributed by atoms with Gasteiger partial charge in [0.15, 0.2) is 5.82 Å². The predicted octanol–water partition coefficient (Wildman–Crippen LogP) is 2.31. The van der Waals surface area contributed by atoms with Crippen LogP contribution in [0.15, 0.2) is 25.0 Å². The Labute approximate surface area is 97.2 Å². The standard InChI is InChI=1S/C12H20N4/c1-5-16(8-9(2)3)12-11(13)10(14-4)6-7-15-12/h5-7,9H,1,8,13H2,2-4H3,(H,14,15). The first-order chi connectivity index (χ1) is 7.60. The Morgan fingerprint density at radius 1 is 1.62 bits per heavy atom. The van der Waals surface area contributed by atoms with Gasteiger partial charge in [-0.3, -0.25) is 0 Å². The molecule has 0 saturated heterocycles. The highest BCUT2D eigenvalue weighted by Crippen LogP contribution is 2.28. The molecular weight excluding hydrogens is 200 g/mol. The van der Waals surface area contributed by atoms with Crippen LogP contribution >= 0.6 is 0 Å². The van der Waals surface area contributed by atoms with E-state index in [1.165, 1.54) is 0 Å². The number of nitrogens with zero attached hydrogens (tertiary/aromatic N) is 2. The molecule has 4 heteroatoms. The van der Waals surface area contributed by atoms with Crippen molar-refractivity contribution in [3.05, 3.63) is 25.0 Å². The highest BCUT2D eigenvalue weighted by Gasteiger charge is 2.12. The lowest BCUT2D eigenvalue weighted by atomic mass is 10.2. The number of nitrogens with one attached hydrogen (secondary N) is 1. The molecule has 3 N–H and O–H groups in total. The molecule has 0 bridgehead atoms. The number of rotatable bonds is 5. The summed E-state index contributed by atoms with van der Waals surface area (Å²) in [6.07, 6.45) is 3.51. The zero-order valence-electron chi connectivity index (χ0n) is 10.2. The largest absolute Gasteiger partial charge is 0.394 e. The van der Waals surface area contributed by atoms with Gasteiger partial charge in [-0.25, -0.2) is 4.98 Å². The molecule has 0 aromatic carbocycles. The van der Waals surface area contributed by atoms with Crippen LogP contribution < -0.4 is 16.0 Å². The first-order valence-electron chi connectivity index (χ1n) is 5.41. The molecule has 0 atom stereocenters. The van der Waals surface area contributed by atoms with E-state index in [2.05, 4.69) is 30.7 Å². The zero-order chi connectivity index (χ0) is 12.1. The third kappa shape index (κ3) is 2.66. The fourth-order valence-corrected chi connectivity index (χ4v) is 1.55. The highest BCUT2D eigenvalue weighted by atomic mass is 15.2. The second-order valence-corrected chi connectivity index (χ2v) is 4.07. The normalized spacial score (nSPS) is 10.2. The lowest BCUT2D eigenvalue weighted by Crippen LogP contribution is -2.23. The quantitative estimate of drug-likeness (QED) is 0.799. The third-order valence-corrected chi connectivity index (χ3v) is 2.29. The lowest BCUT2D eigenvalue weighted by Gasteiger charge is -2.23. The summed E-state index contributed by atoms with van der Waals surface area (Å²) in [5.41, 5.74) is 7.58. The molecule has 1 aromatic rings. The number of nitrogen functional groups attached to an aromatic ring is 1. The van der Waals surface area contributed by atoms with Crippen molar-refractivity contribution in [3.8, 4) is 0 Å². The van der Waals surface area contributed by atoms with E-state index in [9.17, 15) is 0 Å². The van der Waals surface area contributed by atoms with Gasteiger partial charge in [-0.05, 0) is 18.2 Å². The summed E-state index contributed by atoms with van der Waals surface area (Å²) in [6, 6.07) is 1.86. The second-order valence-electron chi connectivity index (χ2n) is 4.07. The van der Waals surface area contributed by atoms with E-state index in [-0.39, 0.29) is 0 Å². The van der Waals surface area contributed by atoms with Crippen LogP contribution in [0.3, 0.4) is 0 Å². The average Bonchev–Trinajstić information content (AvgIpc) is 2.26. The maximum absolute atomic E-state index is 6.03. The van der Waals surface area contributed by atoms with E-state index >= 15 is 0 Å². The van der Waals surface area contributed by atoms with Crippen LogP contribution in [0.1, 0.15) is 13.8 Å². The average molecular weight is 220 g/mol. The van der Waals surface area contributed by atoms with Gasteiger partial charge in [0.2, 0.25) is 0 Å². The maximum Gasteiger partial charge on any atom is 0.157 e. The Bertz CT molecular complexity index is 360. The molecule has 0 spiro atoms. The molecule has 0 fully saturated rings. The molecule has 0 unspecified atom stereocenters. The molecule has 16 heavy (non-hydrogen) atoms. The SMILES string of the molecule is C=CN(CC(C)C)c1nccc(NC)c1N. The number of nitrogens with two attached hydrogens (primary N) is 1. The minimum absolute atomic E-state index is 0.525. The Balaban J connectivity index is 3.05. The lowest BCUT2D eigenvalue weighted by molar-refractivity contribution is 0.646.